The molecule has 0 atom stereocenters. The van der Waals surface area contributed by atoms with Gasteiger partial charge in [0.05, 0.1) is 24.2 Å². The quantitative estimate of drug-likeness (QED) is 0.553. The SMILES string of the molecule is OCC(CO)(Cc1ccc2ccccc2n1)Cc1ccc2ccccc2n1. The molecule has 0 fully saturated rings. The molecule has 0 unspecified atom stereocenters. The summed E-state index contributed by atoms with van der Waals surface area (Å²) in [6.07, 6.45) is 0.971. The molecule has 0 radical (unpaired) electrons. The van der Waals surface area contributed by atoms with Crippen molar-refractivity contribution in [2.45, 2.75) is 12.8 Å². The maximum Gasteiger partial charge on any atom is 0.0705 e. The molecule has 0 aliphatic carbocycles. The van der Waals surface area contributed by atoms with E-state index in [0.717, 1.165) is 33.2 Å². The molecule has 2 aromatic carbocycles. The standard InChI is InChI=1S/C23H22N2O2/c26-15-23(16-27,13-19-11-9-17-5-1-3-7-21(17)24-19)14-20-12-10-18-6-2-4-8-22(18)25-20/h1-12,26-27H,13-16H2. The molecule has 0 saturated carbocycles. The highest BCUT2D eigenvalue weighted by Crippen LogP contribution is 2.28. The third-order valence-corrected chi connectivity index (χ3v) is 5.10. The lowest BCUT2D eigenvalue weighted by molar-refractivity contribution is 0.0533. The summed E-state index contributed by atoms with van der Waals surface area (Å²) in [4.78, 5) is 9.41. The molecule has 0 spiro atoms. The third kappa shape index (κ3) is 3.68. The highest BCUT2D eigenvalue weighted by molar-refractivity contribution is 5.79. The van der Waals surface area contributed by atoms with Crippen molar-refractivity contribution in [1.82, 2.24) is 9.97 Å². The van der Waals surface area contributed by atoms with Crippen molar-refractivity contribution in [1.29, 1.82) is 0 Å². The molecule has 0 saturated heterocycles. The molecular weight excluding hydrogens is 336 g/mol. The van der Waals surface area contributed by atoms with Gasteiger partial charge in [0.15, 0.2) is 0 Å². The second-order valence-corrected chi connectivity index (χ2v) is 7.16. The topological polar surface area (TPSA) is 66.2 Å². The monoisotopic (exact) mass is 358 g/mol. The van der Waals surface area contributed by atoms with Crippen molar-refractivity contribution in [3.05, 3.63) is 84.2 Å². The molecule has 27 heavy (non-hydrogen) atoms. The Kier molecular flexibility index (Phi) is 4.84. The second-order valence-electron chi connectivity index (χ2n) is 7.16. The van der Waals surface area contributed by atoms with E-state index in [1.54, 1.807) is 0 Å². The van der Waals surface area contributed by atoms with E-state index in [1.807, 2.05) is 72.8 Å². The first-order valence-corrected chi connectivity index (χ1v) is 9.12. The van der Waals surface area contributed by atoms with Crippen LogP contribution in [-0.4, -0.2) is 33.4 Å². The van der Waals surface area contributed by atoms with E-state index in [4.69, 9.17) is 9.97 Å². The fraction of sp³-hybridized carbons (Fsp3) is 0.217. The lowest BCUT2D eigenvalue weighted by Crippen LogP contribution is -2.35. The van der Waals surface area contributed by atoms with Crippen molar-refractivity contribution in [2.75, 3.05) is 13.2 Å². The summed E-state index contributed by atoms with van der Waals surface area (Å²) < 4.78 is 0. The van der Waals surface area contributed by atoms with E-state index < -0.39 is 5.41 Å². The van der Waals surface area contributed by atoms with Crippen LogP contribution in [0.4, 0.5) is 0 Å². The molecule has 0 bridgehead atoms. The number of aliphatic hydroxyl groups excluding tert-OH is 2. The Hall–Kier alpha value is -2.82. The van der Waals surface area contributed by atoms with Crippen LogP contribution in [0.2, 0.25) is 0 Å². The first-order chi connectivity index (χ1) is 13.2. The zero-order valence-electron chi connectivity index (χ0n) is 15.0. The zero-order chi connectivity index (χ0) is 18.7. The van der Waals surface area contributed by atoms with Gasteiger partial charge in [0.2, 0.25) is 0 Å². The van der Waals surface area contributed by atoms with Gasteiger partial charge in [-0.3, -0.25) is 9.97 Å². The van der Waals surface area contributed by atoms with E-state index in [0.29, 0.717) is 12.8 Å². The molecule has 4 heteroatoms. The molecule has 136 valence electrons. The second kappa shape index (κ2) is 7.43. The molecule has 0 amide bonds. The smallest absolute Gasteiger partial charge is 0.0705 e. The first kappa shape index (κ1) is 17.6. The van der Waals surface area contributed by atoms with Crippen LogP contribution in [0.1, 0.15) is 11.4 Å². The minimum Gasteiger partial charge on any atom is -0.396 e. The summed E-state index contributed by atoms with van der Waals surface area (Å²) in [5.74, 6) is 0. The average Bonchev–Trinajstić information content (AvgIpc) is 2.73. The van der Waals surface area contributed by atoms with Gasteiger partial charge in [-0.25, -0.2) is 0 Å². The van der Waals surface area contributed by atoms with E-state index in [2.05, 4.69) is 0 Å². The zero-order valence-corrected chi connectivity index (χ0v) is 15.0. The number of para-hydroxylation sites is 2. The number of hydrogen-bond donors (Lipinski definition) is 2. The number of nitrogens with zero attached hydrogens (tertiary/aromatic N) is 2. The van der Waals surface area contributed by atoms with Gasteiger partial charge in [0.1, 0.15) is 0 Å². The fourth-order valence-electron chi connectivity index (χ4n) is 3.52. The largest absolute Gasteiger partial charge is 0.396 e. The molecule has 0 aliphatic rings. The summed E-state index contributed by atoms with van der Waals surface area (Å²) in [7, 11) is 0. The number of pyridine rings is 2. The predicted molar refractivity (Wildman–Crippen MR) is 107 cm³/mol. The van der Waals surface area contributed by atoms with Crippen LogP contribution in [0.5, 0.6) is 0 Å². The van der Waals surface area contributed by atoms with Crippen LogP contribution in [0.25, 0.3) is 21.8 Å². The summed E-state index contributed by atoms with van der Waals surface area (Å²) in [6, 6.07) is 23.9. The van der Waals surface area contributed by atoms with Gasteiger partial charge in [-0.1, -0.05) is 48.5 Å². The minimum absolute atomic E-state index is 0.132. The number of aromatic nitrogens is 2. The van der Waals surface area contributed by atoms with Gasteiger partial charge >= 0.3 is 0 Å². The lowest BCUT2D eigenvalue weighted by Gasteiger charge is -2.29. The van der Waals surface area contributed by atoms with Crippen LogP contribution in [0, 0.1) is 5.41 Å². The van der Waals surface area contributed by atoms with E-state index in [-0.39, 0.29) is 13.2 Å². The number of benzene rings is 2. The van der Waals surface area contributed by atoms with Crippen LogP contribution < -0.4 is 0 Å². The van der Waals surface area contributed by atoms with Crippen LogP contribution in [0.15, 0.2) is 72.8 Å². The summed E-state index contributed by atoms with van der Waals surface area (Å²) >= 11 is 0. The Balaban J connectivity index is 1.64. The highest BCUT2D eigenvalue weighted by atomic mass is 16.3. The maximum atomic E-state index is 10.1. The van der Waals surface area contributed by atoms with Crippen LogP contribution in [-0.2, 0) is 12.8 Å². The molecule has 2 heterocycles. The Morgan fingerprint density at radius 2 is 1.04 bits per heavy atom. The van der Waals surface area contributed by atoms with E-state index in [1.165, 1.54) is 0 Å². The average molecular weight is 358 g/mol. The van der Waals surface area contributed by atoms with Gasteiger partial charge in [-0.15, -0.1) is 0 Å². The van der Waals surface area contributed by atoms with Gasteiger partial charge in [0, 0.05) is 40.4 Å². The summed E-state index contributed by atoms with van der Waals surface area (Å²) in [5, 5.41) is 22.4. The maximum absolute atomic E-state index is 10.1. The highest BCUT2D eigenvalue weighted by Gasteiger charge is 2.31. The number of fused-ring (bicyclic) bond motifs is 2. The van der Waals surface area contributed by atoms with Crippen LogP contribution >= 0.6 is 0 Å². The molecule has 0 aliphatic heterocycles. The molecule has 2 N–H and O–H groups in total. The molecular formula is C23H22N2O2. The number of rotatable bonds is 6. The first-order valence-electron chi connectivity index (χ1n) is 9.12. The third-order valence-electron chi connectivity index (χ3n) is 5.10. The van der Waals surface area contributed by atoms with Crippen molar-refractivity contribution in [2.24, 2.45) is 5.41 Å². The fourth-order valence-corrected chi connectivity index (χ4v) is 3.52. The van der Waals surface area contributed by atoms with E-state index >= 15 is 0 Å². The minimum atomic E-state index is -0.703. The van der Waals surface area contributed by atoms with Gasteiger partial charge in [0.25, 0.3) is 0 Å². The Bertz CT molecular complexity index is 991. The van der Waals surface area contributed by atoms with Gasteiger partial charge in [-0.2, -0.15) is 0 Å². The number of hydrogen-bond acceptors (Lipinski definition) is 4. The lowest BCUT2D eigenvalue weighted by atomic mass is 9.80. The van der Waals surface area contributed by atoms with Crippen molar-refractivity contribution >= 4 is 21.8 Å². The van der Waals surface area contributed by atoms with Crippen molar-refractivity contribution < 1.29 is 10.2 Å². The number of aliphatic hydroxyl groups is 2. The molecule has 2 aromatic heterocycles. The Morgan fingerprint density at radius 3 is 1.48 bits per heavy atom. The summed E-state index contributed by atoms with van der Waals surface area (Å²) in [5.41, 5.74) is 2.85. The molecule has 4 rings (SSSR count). The van der Waals surface area contributed by atoms with Crippen LogP contribution in [0.3, 0.4) is 0 Å². The molecule has 4 nitrogen and oxygen atoms in total. The van der Waals surface area contributed by atoms with Crippen molar-refractivity contribution in [3.63, 3.8) is 0 Å². The van der Waals surface area contributed by atoms with Crippen molar-refractivity contribution in [3.8, 4) is 0 Å². The Labute approximate surface area is 158 Å². The van der Waals surface area contributed by atoms with E-state index in [9.17, 15) is 10.2 Å². The molecule has 4 aromatic rings. The normalized spacial score (nSPS) is 11.9. The predicted octanol–water partition coefficient (Wildman–Crippen LogP) is 3.54. The van der Waals surface area contributed by atoms with Gasteiger partial charge < -0.3 is 10.2 Å². The van der Waals surface area contributed by atoms with Gasteiger partial charge in [-0.05, 0) is 24.3 Å². The Morgan fingerprint density at radius 1 is 0.593 bits per heavy atom. The summed E-state index contributed by atoms with van der Waals surface area (Å²) in [6.45, 7) is -0.265.